The van der Waals surface area contributed by atoms with E-state index in [1.165, 1.54) is 5.56 Å². The van der Waals surface area contributed by atoms with Crippen molar-refractivity contribution < 1.29 is 9.53 Å². The summed E-state index contributed by atoms with van der Waals surface area (Å²) in [6.07, 6.45) is 2.65. The van der Waals surface area contributed by atoms with E-state index in [4.69, 9.17) is 10.5 Å². The largest absolute Gasteiger partial charge is 0.381 e. The minimum atomic E-state index is -0.408. The van der Waals surface area contributed by atoms with Crippen LogP contribution in [-0.2, 0) is 16.0 Å². The summed E-state index contributed by atoms with van der Waals surface area (Å²) < 4.78 is 5.57. The first-order valence-electron chi connectivity index (χ1n) is 7.80. The van der Waals surface area contributed by atoms with Crippen molar-refractivity contribution in [2.75, 3.05) is 19.8 Å². The highest BCUT2D eigenvalue weighted by atomic mass is 16.5. The number of hydrogen-bond acceptors (Lipinski definition) is 3. The van der Waals surface area contributed by atoms with Gasteiger partial charge in [-0.1, -0.05) is 50.6 Å². The summed E-state index contributed by atoms with van der Waals surface area (Å²) >= 11 is 0. The minimum Gasteiger partial charge on any atom is -0.381 e. The maximum absolute atomic E-state index is 11.7. The molecule has 1 aromatic rings. The van der Waals surface area contributed by atoms with Gasteiger partial charge in [-0.25, -0.2) is 0 Å². The first-order chi connectivity index (χ1) is 10.1. The van der Waals surface area contributed by atoms with Crippen LogP contribution in [0.4, 0.5) is 0 Å². The molecule has 4 heteroatoms. The van der Waals surface area contributed by atoms with E-state index in [-0.39, 0.29) is 11.8 Å². The van der Waals surface area contributed by atoms with E-state index in [2.05, 4.69) is 17.4 Å². The number of nitrogens with one attached hydrogen (secondary N) is 1. The zero-order valence-corrected chi connectivity index (χ0v) is 13.2. The molecule has 0 saturated carbocycles. The normalized spacial score (nSPS) is 13.7. The van der Waals surface area contributed by atoms with Crippen LogP contribution in [-0.4, -0.2) is 31.7 Å². The lowest BCUT2D eigenvalue weighted by Gasteiger charge is -2.17. The number of ether oxygens (including phenoxy) is 1. The molecule has 1 amide bonds. The quantitative estimate of drug-likeness (QED) is 0.649. The average Bonchev–Trinajstić information content (AvgIpc) is 2.53. The van der Waals surface area contributed by atoms with Crippen LogP contribution in [0.25, 0.3) is 0 Å². The number of benzene rings is 1. The average molecular weight is 292 g/mol. The fourth-order valence-corrected chi connectivity index (χ4v) is 1.95. The summed E-state index contributed by atoms with van der Waals surface area (Å²) in [5, 5.41) is 2.86. The van der Waals surface area contributed by atoms with Gasteiger partial charge < -0.3 is 15.8 Å². The standard InChI is InChI=1S/C17H28N2O2/c1-3-14(2)16(18)17(20)19-11-7-12-21-13-10-15-8-5-4-6-9-15/h4-6,8-9,14,16H,3,7,10-13,18H2,1-2H3,(H,19,20). The summed E-state index contributed by atoms with van der Waals surface area (Å²) in [4.78, 5) is 11.7. The summed E-state index contributed by atoms with van der Waals surface area (Å²) in [6, 6.07) is 9.86. The first kappa shape index (κ1) is 17.7. The van der Waals surface area contributed by atoms with Crippen LogP contribution in [0.3, 0.4) is 0 Å². The van der Waals surface area contributed by atoms with Gasteiger partial charge in [-0.05, 0) is 24.3 Å². The van der Waals surface area contributed by atoms with Crippen molar-refractivity contribution in [2.45, 2.75) is 39.2 Å². The molecule has 0 aliphatic rings. The van der Waals surface area contributed by atoms with E-state index < -0.39 is 6.04 Å². The molecular weight excluding hydrogens is 264 g/mol. The monoisotopic (exact) mass is 292 g/mol. The number of carbonyl (C=O) groups excluding carboxylic acids is 1. The summed E-state index contributed by atoms with van der Waals surface area (Å²) in [7, 11) is 0. The van der Waals surface area contributed by atoms with Crippen molar-refractivity contribution >= 4 is 5.91 Å². The van der Waals surface area contributed by atoms with Crippen LogP contribution in [0.1, 0.15) is 32.3 Å². The third-order valence-electron chi connectivity index (χ3n) is 3.70. The summed E-state index contributed by atoms with van der Waals surface area (Å²) in [6.45, 7) is 6.03. The molecule has 0 aromatic heterocycles. The Morgan fingerprint density at radius 1 is 1.29 bits per heavy atom. The number of carbonyl (C=O) groups is 1. The molecule has 2 atom stereocenters. The van der Waals surface area contributed by atoms with Crippen LogP contribution < -0.4 is 11.1 Å². The summed E-state index contributed by atoms with van der Waals surface area (Å²) in [5.41, 5.74) is 7.14. The van der Waals surface area contributed by atoms with Crippen LogP contribution in [0.15, 0.2) is 30.3 Å². The zero-order valence-electron chi connectivity index (χ0n) is 13.2. The molecule has 0 radical (unpaired) electrons. The molecule has 21 heavy (non-hydrogen) atoms. The van der Waals surface area contributed by atoms with Crippen LogP contribution in [0.2, 0.25) is 0 Å². The number of hydrogen-bond donors (Lipinski definition) is 2. The van der Waals surface area contributed by atoms with Gasteiger partial charge >= 0.3 is 0 Å². The molecular formula is C17H28N2O2. The van der Waals surface area contributed by atoms with Gasteiger partial charge in [-0.15, -0.1) is 0 Å². The van der Waals surface area contributed by atoms with Crippen molar-refractivity contribution in [3.05, 3.63) is 35.9 Å². The van der Waals surface area contributed by atoms with Crippen LogP contribution in [0, 0.1) is 5.92 Å². The Morgan fingerprint density at radius 2 is 2.00 bits per heavy atom. The molecule has 0 fully saturated rings. The van der Waals surface area contributed by atoms with Gasteiger partial charge in [0.2, 0.25) is 5.91 Å². The lowest BCUT2D eigenvalue weighted by molar-refractivity contribution is -0.123. The SMILES string of the molecule is CCC(C)C(N)C(=O)NCCCOCCc1ccccc1. The molecule has 4 nitrogen and oxygen atoms in total. The smallest absolute Gasteiger partial charge is 0.237 e. The van der Waals surface area contributed by atoms with Crippen molar-refractivity contribution in [1.29, 1.82) is 0 Å². The Balaban J connectivity index is 2.01. The number of amides is 1. The molecule has 2 unspecified atom stereocenters. The van der Waals surface area contributed by atoms with Gasteiger partial charge in [-0.3, -0.25) is 4.79 Å². The van der Waals surface area contributed by atoms with E-state index in [1.807, 2.05) is 32.0 Å². The van der Waals surface area contributed by atoms with Gasteiger partial charge in [0.1, 0.15) is 0 Å². The van der Waals surface area contributed by atoms with Crippen molar-refractivity contribution in [3.63, 3.8) is 0 Å². The molecule has 0 bridgehead atoms. The Bertz CT molecular complexity index is 395. The number of rotatable bonds is 10. The zero-order chi connectivity index (χ0) is 15.5. The second kappa shape index (κ2) is 10.4. The highest BCUT2D eigenvalue weighted by Gasteiger charge is 2.18. The molecule has 3 N–H and O–H groups in total. The summed E-state index contributed by atoms with van der Waals surface area (Å²) in [5.74, 6) is 0.153. The van der Waals surface area contributed by atoms with Gasteiger partial charge in [-0.2, -0.15) is 0 Å². The lowest BCUT2D eigenvalue weighted by Crippen LogP contribution is -2.45. The van der Waals surface area contributed by atoms with Crippen molar-refractivity contribution in [1.82, 2.24) is 5.32 Å². The molecule has 0 aliphatic carbocycles. The van der Waals surface area contributed by atoms with Gasteiger partial charge in [0.05, 0.1) is 12.6 Å². The van der Waals surface area contributed by atoms with E-state index in [0.717, 1.165) is 19.3 Å². The van der Waals surface area contributed by atoms with Gasteiger partial charge in [0, 0.05) is 13.2 Å². The highest BCUT2D eigenvalue weighted by molar-refractivity contribution is 5.81. The molecule has 1 rings (SSSR count). The third kappa shape index (κ3) is 7.25. The maximum Gasteiger partial charge on any atom is 0.237 e. The first-order valence-corrected chi connectivity index (χ1v) is 7.80. The maximum atomic E-state index is 11.7. The topological polar surface area (TPSA) is 64.4 Å². The highest BCUT2D eigenvalue weighted by Crippen LogP contribution is 2.05. The van der Waals surface area contributed by atoms with Gasteiger partial charge in [0.15, 0.2) is 0 Å². The Hall–Kier alpha value is -1.39. The second-order valence-electron chi connectivity index (χ2n) is 5.40. The van der Waals surface area contributed by atoms with E-state index in [9.17, 15) is 4.79 Å². The fourth-order valence-electron chi connectivity index (χ4n) is 1.95. The van der Waals surface area contributed by atoms with Crippen molar-refractivity contribution in [2.24, 2.45) is 11.7 Å². The number of nitrogens with two attached hydrogens (primary N) is 1. The molecule has 1 aromatic carbocycles. The third-order valence-corrected chi connectivity index (χ3v) is 3.70. The molecule has 0 heterocycles. The second-order valence-corrected chi connectivity index (χ2v) is 5.40. The Morgan fingerprint density at radius 3 is 2.67 bits per heavy atom. The van der Waals surface area contributed by atoms with Gasteiger partial charge in [0.25, 0.3) is 0 Å². The lowest BCUT2D eigenvalue weighted by atomic mass is 9.99. The molecule has 0 spiro atoms. The van der Waals surface area contributed by atoms with E-state index >= 15 is 0 Å². The molecule has 118 valence electrons. The minimum absolute atomic E-state index is 0.0614. The van der Waals surface area contributed by atoms with Crippen molar-refractivity contribution in [3.8, 4) is 0 Å². The molecule has 0 aliphatic heterocycles. The Kier molecular flexibility index (Phi) is 8.71. The van der Waals surface area contributed by atoms with E-state index in [0.29, 0.717) is 19.8 Å². The molecule has 0 saturated heterocycles. The fraction of sp³-hybridized carbons (Fsp3) is 0.588. The predicted octanol–water partition coefficient (Wildman–Crippen LogP) is 2.13. The van der Waals surface area contributed by atoms with E-state index in [1.54, 1.807) is 0 Å². The van der Waals surface area contributed by atoms with Crippen LogP contribution in [0.5, 0.6) is 0 Å². The predicted molar refractivity (Wildman–Crippen MR) is 86.0 cm³/mol. The van der Waals surface area contributed by atoms with Crippen LogP contribution >= 0.6 is 0 Å². The Labute approximate surface area is 128 Å².